The molecule has 0 aromatic carbocycles. The molecule has 100 valence electrons. The third-order valence-corrected chi connectivity index (χ3v) is 8.18. The number of rotatable bonds is 0. The van der Waals surface area contributed by atoms with Gasteiger partial charge in [-0.3, -0.25) is 0 Å². The SMILES string of the molecule is [2H][C@@H]1[C@H]([2H])[C@@H]2CC[C@H]1[C@H]1[C@@H]2[C@]2(Cl)CC[C@@]1(Cl)C(Cl)=C2Cl. The second-order valence-electron chi connectivity index (χ2n) is 6.19. The smallest absolute Gasteiger partial charge is 0.0848 e. The Bertz CT molecular complexity index is 465. The molecule has 8 atom stereocenters. The second kappa shape index (κ2) is 3.75. The summed E-state index contributed by atoms with van der Waals surface area (Å²) in [5.41, 5.74) is 0. The Kier molecular flexibility index (Phi) is 2.21. The Morgan fingerprint density at radius 1 is 0.889 bits per heavy atom. The van der Waals surface area contributed by atoms with Gasteiger partial charge in [0, 0.05) is 2.74 Å². The van der Waals surface area contributed by atoms with Crippen molar-refractivity contribution in [3.8, 4) is 0 Å². The zero-order valence-corrected chi connectivity index (χ0v) is 12.8. The van der Waals surface area contributed by atoms with Crippen molar-refractivity contribution in [2.75, 3.05) is 0 Å². The van der Waals surface area contributed by atoms with E-state index in [2.05, 4.69) is 0 Å². The molecule has 4 bridgehead atoms. The van der Waals surface area contributed by atoms with E-state index >= 15 is 0 Å². The van der Waals surface area contributed by atoms with Crippen molar-refractivity contribution in [1.29, 1.82) is 0 Å². The van der Waals surface area contributed by atoms with Crippen molar-refractivity contribution in [3.63, 3.8) is 0 Å². The van der Waals surface area contributed by atoms with E-state index in [-0.39, 0.29) is 36.5 Å². The Morgan fingerprint density at radius 2 is 1.28 bits per heavy atom. The van der Waals surface area contributed by atoms with Gasteiger partial charge in [0.15, 0.2) is 0 Å². The van der Waals surface area contributed by atoms with Crippen LogP contribution in [0.3, 0.4) is 0 Å². The van der Waals surface area contributed by atoms with Gasteiger partial charge in [-0.1, -0.05) is 23.2 Å². The van der Waals surface area contributed by atoms with Gasteiger partial charge in [-0.05, 0) is 62.1 Å². The summed E-state index contributed by atoms with van der Waals surface area (Å²) in [6, 6.07) is 0. The van der Waals surface area contributed by atoms with Crippen molar-refractivity contribution in [2.45, 2.75) is 48.2 Å². The molecule has 0 aromatic rings. The summed E-state index contributed by atoms with van der Waals surface area (Å²) in [5.74, 6) is 0.463. The fraction of sp³-hybridized carbons (Fsp3) is 0.857. The zero-order valence-electron chi connectivity index (χ0n) is 11.8. The lowest BCUT2D eigenvalue weighted by Crippen LogP contribution is -2.64. The van der Waals surface area contributed by atoms with Crippen LogP contribution in [0.15, 0.2) is 10.1 Å². The summed E-state index contributed by atoms with van der Waals surface area (Å²) in [7, 11) is 0. The highest BCUT2D eigenvalue weighted by atomic mass is 35.5. The third kappa shape index (κ3) is 1.27. The highest BCUT2D eigenvalue weighted by Crippen LogP contribution is 2.71. The summed E-state index contributed by atoms with van der Waals surface area (Å²) in [6.07, 6.45) is 2.67. The molecule has 0 saturated heterocycles. The van der Waals surface area contributed by atoms with Crippen LogP contribution in [0.1, 0.15) is 41.2 Å². The summed E-state index contributed by atoms with van der Waals surface area (Å²) in [4.78, 5) is -1.30. The first-order valence-electron chi connectivity index (χ1n) is 7.76. The second-order valence-corrected chi connectivity index (χ2v) is 8.30. The Balaban J connectivity index is 1.92. The molecule has 0 aliphatic heterocycles. The van der Waals surface area contributed by atoms with Crippen molar-refractivity contribution < 1.29 is 2.74 Å². The van der Waals surface area contributed by atoms with E-state index in [1.54, 1.807) is 0 Å². The van der Waals surface area contributed by atoms with Crippen LogP contribution in [0.25, 0.3) is 0 Å². The first-order chi connectivity index (χ1) is 9.32. The fourth-order valence-electron chi connectivity index (χ4n) is 4.82. The van der Waals surface area contributed by atoms with E-state index in [1.807, 2.05) is 0 Å². The fourth-order valence-corrected chi connectivity index (χ4v) is 6.66. The topological polar surface area (TPSA) is 0 Å². The number of fused-ring (bicyclic) bond motifs is 3. The third-order valence-electron chi connectivity index (χ3n) is 5.58. The average molecular weight is 328 g/mol. The molecule has 4 fully saturated rings. The Morgan fingerprint density at radius 3 is 1.67 bits per heavy atom. The number of hydrogen-bond donors (Lipinski definition) is 0. The van der Waals surface area contributed by atoms with E-state index in [1.165, 1.54) is 0 Å². The lowest BCUT2D eigenvalue weighted by atomic mass is 9.46. The van der Waals surface area contributed by atoms with Crippen LogP contribution >= 0.6 is 46.4 Å². The largest absolute Gasteiger partial charge is 0.113 e. The molecule has 0 N–H and O–H groups in total. The number of alkyl halides is 2. The number of allylic oxidation sites excluding steroid dienone is 2. The molecule has 6 rings (SSSR count). The standard InChI is InChI=1S/C14H16Cl4/c15-11-12(16)14(18)6-5-13(11,17)9-7-1-2-8(4-3-7)10(9)14/h7-10H,1-6H2/t7-,8+,9-,10+,13-,14+/i1D,2D/t1-,2+,7+,8-,9+,10-,13+,14-. The van der Waals surface area contributed by atoms with Gasteiger partial charge in [-0.25, -0.2) is 0 Å². The highest BCUT2D eigenvalue weighted by molar-refractivity contribution is 6.49. The quantitative estimate of drug-likeness (QED) is 0.516. The minimum absolute atomic E-state index is 0.105. The van der Waals surface area contributed by atoms with Crippen LogP contribution in [0.2, 0.25) is 0 Å². The molecule has 4 saturated carbocycles. The summed E-state index contributed by atoms with van der Waals surface area (Å²) in [6.45, 7) is 0. The average Bonchev–Trinajstić information content (AvgIpc) is 2.44. The molecule has 0 amide bonds. The lowest BCUT2D eigenvalue weighted by Gasteiger charge is -2.65. The molecule has 6 aliphatic rings. The van der Waals surface area contributed by atoms with Crippen LogP contribution in [-0.2, 0) is 0 Å². The molecule has 4 heteroatoms. The van der Waals surface area contributed by atoms with Crippen molar-refractivity contribution in [3.05, 3.63) is 10.1 Å². The summed E-state index contributed by atoms with van der Waals surface area (Å²) < 4.78 is 16.7. The maximum Gasteiger partial charge on any atom is 0.0848 e. The minimum atomic E-state index is -0.650. The van der Waals surface area contributed by atoms with Gasteiger partial charge in [0.25, 0.3) is 0 Å². The van der Waals surface area contributed by atoms with E-state index < -0.39 is 9.75 Å². The van der Waals surface area contributed by atoms with Gasteiger partial charge in [0.1, 0.15) is 0 Å². The maximum absolute atomic E-state index is 8.35. The van der Waals surface area contributed by atoms with Crippen LogP contribution in [0.4, 0.5) is 0 Å². The molecule has 6 aliphatic carbocycles. The molecule has 18 heavy (non-hydrogen) atoms. The minimum Gasteiger partial charge on any atom is -0.113 e. The van der Waals surface area contributed by atoms with Crippen LogP contribution in [0, 0.1) is 23.7 Å². The first-order valence-corrected chi connectivity index (χ1v) is 8.12. The molecule has 0 nitrogen and oxygen atoms in total. The number of hydrogen-bond acceptors (Lipinski definition) is 0. The van der Waals surface area contributed by atoms with Crippen LogP contribution < -0.4 is 0 Å². The molecule has 0 radical (unpaired) electrons. The lowest BCUT2D eigenvalue weighted by molar-refractivity contribution is -0.0418. The van der Waals surface area contributed by atoms with Gasteiger partial charge in [-0.15, -0.1) is 23.2 Å². The maximum atomic E-state index is 8.35. The predicted octanol–water partition coefficient (Wildman–Crippen LogP) is 5.49. The summed E-state index contributed by atoms with van der Waals surface area (Å²) in [5, 5.41) is 1.01. The Hall–Kier alpha value is 0.900. The first kappa shape index (κ1) is 10.6. The van der Waals surface area contributed by atoms with Crippen LogP contribution in [0.5, 0.6) is 0 Å². The van der Waals surface area contributed by atoms with E-state index in [4.69, 9.17) is 49.1 Å². The van der Waals surface area contributed by atoms with Crippen molar-refractivity contribution >= 4 is 46.4 Å². The van der Waals surface area contributed by atoms with E-state index in [0.29, 0.717) is 10.1 Å². The van der Waals surface area contributed by atoms with Gasteiger partial charge in [0.2, 0.25) is 0 Å². The molecule has 0 aromatic heterocycles. The van der Waals surface area contributed by atoms with Crippen LogP contribution in [-0.4, -0.2) is 9.75 Å². The molecular formula is C14H16Cl4. The monoisotopic (exact) mass is 326 g/mol. The Labute approximate surface area is 131 Å². The highest BCUT2D eigenvalue weighted by Gasteiger charge is 2.68. The predicted molar refractivity (Wildman–Crippen MR) is 77.6 cm³/mol. The molecule has 0 heterocycles. The van der Waals surface area contributed by atoms with E-state index in [0.717, 1.165) is 25.7 Å². The van der Waals surface area contributed by atoms with Gasteiger partial charge in [-0.2, -0.15) is 0 Å². The van der Waals surface area contributed by atoms with Gasteiger partial charge < -0.3 is 0 Å². The van der Waals surface area contributed by atoms with E-state index in [9.17, 15) is 0 Å². The summed E-state index contributed by atoms with van der Waals surface area (Å²) >= 11 is 26.7. The normalized spacial score (nSPS) is 67.8. The molecule has 0 spiro atoms. The van der Waals surface area contributed by atoms with Crippen molar-refractivity contribution in [2.24, 2.45) is 23.7 Å². The molecular weight excluding hydrogens is 310 g/mol. The molecule has 0 unspecified atom stereocenters. The van der Waals surface area contributed by atoms with Gasteiger partial charge in [0.05, 0.1) is 19.8 Å². The number of halogens is 4. The van der Waals surface area contributed by atoms with Crippen molar-refractivity contribution in [1.82, 2.24) is 0 Å². The van der Waals surface area contributed by atoms with Gasteiger partial charge >= 0.3 is 0 Å². The zero-order chi connectivity index (χ0) is 14.4.